The van der Waals surface area contributed by atoms with E-state index in [1.54, 1.807) is 0 Å². The smallest absolute Gasteiger partial charge is 0.234 e. The topological polar surface area (TPSA) is 26.3 Å². The van der Waals surface area contributed by atoms with Crippen LogP contribution < -0.4 is 0 Å². The Labute approximate surface area is 74.1 Å². The molecule has 0 bridgehead atoms. The minimum atomic E-state index is -1.17. The van der Waals surface area contributed by atoms with E-state index in [4.69, 9.17) is 0 Å². The molecule has 0 aliphatic heterocycles. The third-order valence-corrected chi connectivity index (χ3v) is 1.61. The lowest BCUT2D eigenvalue weighted by atomic mass is 10.1. The van der Waals surface area contributed by atoms with E-state index in [2.05, 4.69) is 4.74 Å². The molecule has 2 nitrogen and oxygen atoms in total. The molecule has 1 rings (SSSR count). The third-order valence-electron chi connectivity index (χ3n) is 1.61. The van der Waals surface area contributed by atoms with Crippen molar-refractivity contribution in [2.75, 3.05) is 7.11 Å². The quantitative estimate of drug-likeness (QED) is 0.717. The monoisotopic (exact) mass is 185 g/mol. The Morgan fingerprint density at radius 1 is 1.46 bits per heavy atom. The van der Waals surface area contributed by atoms with Crippen LogP contribution in [-0.2, 0) is 9.53 Å². The van der Waals surface area contributed by atoms with E-state index >= 15 is 0 Å². The highest BCUT2D eigenvalue weighted by molar-refractivity contribution is 5.60. The van der Waals surface area contributed by atoms with E-state index in [1.165, 1.54) is 25.5 Å². The first-order valence-corrected chi connectivity index (χ1v) is 3.55. The van der Waals surface area contributed by atoms with Gasteiger partial charge >= 0.3 is 0 Å². The summed E-state index contributed by atoms with van der Waals surface area (Å²) in [5, 5.41) is 0. The predicted molar refractivity (Wildman–Crippen MR) is 41.8 cm³/mol. The summed E-state index contributed by atoms with van der Waals surface area (Å²) < 4.78 is 30.2. The molecule has 1 radical (unpaired) electrons. The zero-order valence-corrected chi connectivity index (χ0v) is 6.88. The molecule has 0 fully saturated rings. The average Bonchev–Trinajstić information content (AvgIpc) is 2.14. The van der Waals surface area contributed by atoms with Crippen molar-refractivity contribution in [1.29, 1.82) is 0 Å². The first-order valence-electron chi connectivity index (χ1n) is 3.55. The highest BCUT2D eigenvalue weighted by Gasteiger charge is 2.17. The first-order chi connectivity index (χ1) is 6.20. The van der Waals surface area contributed by atoms with Crippen LogP contribution in [0.3, 0.4) is 0 Å². The zero-order valence-electron chi connectivity index (χ0n) is 6.88. The number of carbonyl (C=O) groups excluding carboxylic acids is 1. The number of methoxy groups -OCH3 is 1. The molecule has 1 aromatic rings. The Morgan fingerprint density at radius 2 is 2.15 bits per heavy atom. The predicted octanol–water partition coefficient (Wildman–Crippen LogP) is 1.76. The number of rotatable bonds is 3. The zero-order chi connectivity index (χ0) is 9.84. The summed E-state index contributed by atoms with van der Waals surface area (Å²) in [6.45, 7) is 0. The van der Waals surface area contributed by atoms with E-state index in [0.29, 0.717) is 0 Å². The van der Waals surface area contributed by atoms with Crippen molar-refractivity contribution >= 4 is 6.29 Å². The molecule has 0 aliphatic rings. The second kappa shape index (κ2) is 4.09. The fourth-order valence-corrected chi connectivity index (χ4v) is 0.962. The van der Waals surface area contributed by atoms with E-state index in [9.17, 15) is 13.6 Å². The molecule has 69 valence electrons. The fraction of sp³-hybridized carbons (Fsp3) is 0.222. The van der Waals surface area contributed by atoms with Crippen LogP contribution in [0.15, 0.2) is 18.2 Å². The van der Waals surface area contributed by atoms with Crippen LogP contribution in [-0.4, -0.2) is 13.4 Å². The van der Waals surface area contributed by atoms with Crippen LogP contribution in [0.4, 0.5) is 8.78 Å². The van der Waals surface area contributed by atoms with Crippen LogP contribution in [0.1, 0.15) is 11.7 Å². The summed E-state index contributed by atoms with van der Waals surface area (Å²) in [5.74, 6) is -2.08. The summed E-state index contributed by atoms with van der Waals surface area (Å²) in [4.78, 5) is 10.3. The van der Waals surface area contributed by atoms with Gasteiger partial charge in [0.2, 0.25) is 6.29 Å². The van der Waals surface area contributed by atoms with Crippen molar-refractivity contribution in [2.24, 2.45) is 0 Å². The Morgan fingerprint density at radius 3 is 2.69 bits per heavy atom. The molecule has 0 saturated heterocycles. The Kier molecular flexibility index (Phi) is 3.08. The minimum absolute atomic E-state index is 0.141. The van der Waals surface area contributed by atoms with Crippen molar-refractivity contribution in [2.45, 2.75) is 6.10 Å². The lowest BCUT2D eigenvalue weighted by Gasteiger charge is -2.08. The van der Waals surface area contributed by atoms with Crippen LogP contribution in [0, 0.1) is 11.6 Å². The van der Waals surface area contributed by atoms with Crippen LogP contribution in [0.5, 0.6) is 0 Å². The van der Waals surface area contributed by atoms with Gasteiger partial charge < -0.3 is 4.74 Å². The number of benzene rings is 1. The summed E-state index contributed by atoms with van der Waals surface area (Å²) in [7, 11) is 1.22. The van der Waals surface area contributed by atoms with E-state index in [-0.39, 0.29) is 5.56 Å². The Hall–Kier alpha value is -1.29. The molecule has 0 saturated carbocycles. The van der Waals surface area contributed by atoms with Gasteiger partial charge in [-0.1, -0.05) is 12.1 Å². The second-order valence-electron chi connectivity index (χ2n) is 2.38. The maximum absolute atomic E-state index is 13.0. The van der Waals surface area contributed by atoms with Crippen molar-refractivity contribution in [3.05, 3.63) is 35.4 Å². The van der Waals surface area contributed by atoms with Gasteiger partial charge in [-0.25, -0.2) is 8.78 Å². The maximum atomic E-state index is 13.0. The lowest BCUT2D eigenvalue weighted by molar-refractivity contribution is 0.150. The molecule has 1 atom stereocenters. The summed E-state index contributed by atoms with van der Waals surface area (Å²) in [6.07, 6.45) is 0.287. The highest BCUT2D eigenvalue weighted by Crippen LogP contribution is 2.19. The minimum Gasteiger partial charge on any atom is -0.368 e. The van der Waals surface area contributed by atoms with Gasteiger partial charge in [0, 0.05) is 12.7 Å². The number of ether oxygens (including phenoxy) is 1. The van der Waals surface area contributed by atoms with E-state index < -0.39 is 17.7 Å². The summed E-state index contributed by atoms with van der Waals surface area (Å²) in [5.41, 5.74) is -0.141. The van der Waals surface area contributed by atoms with Gasteiger partial charge in [-0.2, -0.15) is 0 Å². The fourth-order valence-electron chi connectivity index (χ4n) is 0.962. The second-order valence-corrected chi connectivity index (χ2v) is 2.38. The van der Waals surface area contributed by atoms with Gasteiger partial charge in [-0.15, -0.1) is 0 Å². The third kappa shape index (κ3) is 1.89. The largest absolute Gasteiger partial charge is 0.368 e. The molecule has 0 heterocycles. The molecular formula is C9H7F2O2. The van der Waals surface area contributed by atoms with Gasteiger partial charge in [0.1, 0.15) is 0 Å². The summed E-state index contributed by atoms with van der Waals surface area (Å²) >= 11 is 0. The molecule has 0 N–H and O–H groups in total. The van der Waals surface area contributed by atoms with Crippen LogP contribution in [0.25, 0.3) is 0 Å². The van der Waals surface area contributed by atoms with Gasteiger partial charge in [0.25, 0.3) is 0 Å². The van der Waals surface area contributed by atoms with Crippen LogP contribution >= 0.6 is 0 Å². The first kappa shape index (κ1) is 9.80. The molecule has 4 heteroatoms. The molecule has 1 aromatic carbocycles. The SMILES string of the molecule is CO[C@H]([C]=O)c1cccc(F)c1F. The van der Waals surface area contributed by atoms with E-state index in [0.717, 1.165) is 6.07 Å². The van der Waals surface area contributed by atoms with Crippen molar-refractivity contribution < 1.29 is 18.3 Å². The van der Waals surface area contributed by atoms with Crippen molar-refractivity contribution in [3.8, 4) is 0 Å². The van der Waals surface area contributed by atoms with Crippen LogP contribution in [0.2, 0.25) is 0 Å². The average molecular weight is 185 g/mol. The molecular weight excluding hydrogens is 178 g/mol. The highest BCUT2D eigenvalue weighted by atomic mass is 19.2. The van der Waals surface area contributed by atoms with Gasteiger partial charge in [0.05, 0.1) is 0 Å². The molecule has 0 amide bonds. The summed E-state index contributed by atoms with van der Waals surface area (Å²) in [6, 6.07) is 3.55. The van der Waals surface area contributed by atoms with Gasteiger partial charge in [-0.05, 0) is 6.07 Å². The molecule has 13 heavy (non-hydrogen) atoms. The van der Waals surface area contributed by atoms with Gasteiger partial charge in [-0.3, -0.25) is 4.79 Å². The number of hydrogen-bond acceptors (Lipinski definition) is 2. The standard InChI is InChI=1S/C9H7F2O2/c1-13-8(5-12)6-3-2-4-7(10)9(6)11/h2-4,8H,1H3/t8-/m1/s1. The van der Waals surface area contributed by atoms with Crippen molar-refractivity contribution in [3.63, 3.8) is 0 Å². The number of halogens is 2. The molecule has 0 aromatic heterocycles. The lowest BCUT2D eigenvalue weighted by Crippen LogP contribution is -2.06. The maximum Gasteiger partial charge on any atom is 0.234 e. The normalized spacial score (nSPS) is 12.5. The molecule has 0 unspecified atom stereocenters. The van der Waals surface area contributed by atoms with Gasteiger partial charge in [0.15, 0.2) is 17.7 Å². The Balaban J connectivity index is 3.13. The Bertz CT molecular complexity index is 312. The molecule has 0 aliphatic carbocycles. The molecule has 0 spiro atoms. The van der Waals surface area contributed by atoms with E-state index in [1.807, 2.05) is 0 Å². The van der Waals surface area contributed by atoms with Crippen molar-refractivity contribution in [1.82, 2.24) is 0 Å². The number of hydrogen-bond donors (Lipinski definition) is 0.